The molecule has 0 radical (unpaired) electrons. The van der Waals surface area contributed by atoms with Gasteiger partial charge in [0.05, 0.1) is 22.2 Å². The molecule has 0 aliphatic carbocycles. The number of aryl methyl sites for hydroxylation is 2. The summed E-state index contributed by atoms with van der Waals surface area (Å²) in [5, 5.41) is 3.55. The van der Waals surface area contributed by atoms with Crippen LogP contribution in [0.1, 0.15) is 48.9 Å². The standard InChI is InChI=1S/C20H27N5O3S/c1-13-12-28-19(21-13)14-2-7-25(8-3-14)20-23-16-6-11-29(26)17(16)18(24-20)22-15-4-9-27-10-5-15/h12,14-15H,2-11H2,1H3,(H,22,23,24). The van der Waals surface area contributed by atoms with E-state index in [9.17, 15) is 4.21 Å². The Labute approximate surface area is 172 Å². The molecule has 0 amide bonds. The molecule has 3 aliphatic rings. The molecule has 0 bridgehead atoms. The zero-order chi connectivity index (χ0) is 19.8. The van der Waals surface area contributed by atoms with Crippen molar-refractivity contribution >= 4 is 22.6 Å². The summed E-state index contributed by atoms with van der Waals surface area (Å²) in [6.07, 6.45) is 6.30. The minimum absolute atomic E-state index is 0.312. The van der Waals surface area contributed by atoms with Crippen LogP contribution in [0.4, 0.5) is 11.8 Å². The minimum Gasteiger partial charge on any atom is -0.448 e. The summed E-state index contributed by atoms with van der Waals surface area (Å²) >= 11 is 0. The summed E-state index contributed by atoms with van der Waals surface area (Å²) in [6.45, 7) is 5.20. The van der Waals surface area contributed by atoms with Crippen LogP contribution in [0.25, 0.3) is 0 Å². The van der Waals surface area contributed by atoms with Crippen molar-refractivity contribution < 1.29 is 13.4 Å². The highest BCUT2D eigenvalue weighted by Gasteiger charge is 2.30. The van der Waals surface area contributed by atoms with Crippen LogP contribution in [0.2, 0.25) is 0 Å². The molecule has 2 aromatic rings. The zero-order valence-corrected chi connectivity index (χ0v) is 17.5. The lowest BCUT2D eigenvalue weighted by molar-refractivity contribution is 0.0903. The van der Waals surface area contributed by atoms with E-state index in [-0.39, 0.29) is 0 Å². The number of hydrogen-bond donors (Lipinski definition) is 1. The summed E-state index contributed by atoms with van der Waals surface area (Å²) in [5.74, 6) is 3.34. The lowest BCUT2D eigenvalue weighted by Crippen LogP contribution is -2.35. The number of nitrogens with zero attached hydrogens (tertiary/aromatic N) is 4. The van der Waals surface area contributed by atoms with E-state index in [0.717, 1.165) is 92.3 Å². The molecule has 2 aromatic heterocycles. The molecule has 1 unspecified atom stereocenters. The second-order valence-electron chi connectivity index (χ2n) is 8.07. The molecule has 9 heteroatoms. The molecule has 5 rings (SSSR count). The van der Waals surface area contributed by atoms with E-state index in [1.165, 1.54) is 0 Å². The van der Waals surface area contributed by atoms with Crippen molar-refractivity contribution in [2.45, 2.75) is 55.9 Å². The number of nitrogens with one attached hydrogen (secondary N) is 1. The molecule has 3 aliphatic heterocycles. The predicted molar refractivity (Wildman–Crippen MR) is 110 cm³/mol. The van der Waals surface area contributed by atoms with Crippen LogP contribution in [0.3, 0.4) is 0 Å². The molecular formula is C20H27N5O3S. The number of anilines is 2. The molecule has 5 heterocycles. The minimum atomic E-state index is -1.01. The topological polar surface area (TPSA) is 93.4 Å². The molecule has 0 saturated carbocycles. The molecule has 1 N–H and O–H groups in total. The van der Waals surface area contributed by atoms with Gasteiger partial charge in [-0.3, -0.25) is 4.21 Å². The number of fused-ring (bicyclic) bond motifs is 1. The third kappa shape index (κ3) is 3.90. The van der Waals surface area contributed by atoms with Gasteiger partial charge in [-0.15, -0.1) is 0 Å². The van der Waals surface area contributed by atoms with E-state index >= 15 is 0 Å². The Hall–Kier alpha value is -2.00. The molecule has 1 atom stereocenters. The first-order valence-corrected chi connectivity index (χ1v) is 11.8. The van der Waals surface area contributed by atoms with Gasteiger partial charge >= 0.3 is 0 Å². The monoisotopic (exact) mass is 417 g/mol. The van der Waals surface area contributed by atoms with Crippen LogP contribution in [-0.2, 0) is 22.0 Å². The molecule has 29 heavy (non-hydrogen) atoms. The van der Waals surface area contributed by atoms with Crippen LogP contribution in [0.5, 0.6) is 0 Å². The van der Waals surface area contributed by atoms with Crippen molar-refractivity contribution in [3.8, 4) is 0 Å². The van der Waals surface area contributed by atoms with Crippen molar-refractivity contribution in [2.75, 3.05) is 42.3 Å². The summed E-state index contributed by atoms with van der Waals surface area (Å²) in [6, 6.07) is 0.312. The van der Waals surface area contributed by atoms with E-state index in [4.69, 9.17) is 19.1 Å². The summed E-state index contributed by atoms with van der Waals surface area (Å²) < 4.78 is 23.6. The highest BCUT2D eigenvalue weighted by Crippen LogP contribution is 2.33. The second-order valence-corrected chi connectivity index (χ2v) is 9.57. The third-order valence-electron chi connectivity index (χ3n) is 6.00. The number of piperidine rings is 1. The summed E-state index contributed by atoms with van der Waals surface area (Å²) in [5.41, 5.74) is 1.87. The zero-order valence-electron chi connectivity index (χ0n) is 16.7. The normalized spacial score (nSPS) is 23.3. The Morgan fingerprint density at radius 2 is 1.93 bits per heavy atom. The van der Waals surface area contributed by atoms with Crippen molar-refractivity contribution in [1.82, 2.24) is 15.0 Å². The van der Waals surface area contributed by atoms with Crippen molar-refractivity contribution in [3.05, 3.63) is 23.5 Å². The Morgan fingerprint density at radius 3 is 2.66 bits per heavy atom. The first kappa shape index (κ1) is 19.0. The fourth-order valence-corrected chi connectivity index (χ4v) is 5.66. The van der Waals surface area contributed by atoms with E-state index in [1.54, 1.807) is 6.26 Å². The number of rotatable bonds is 4. The predicted octanol–water partition coefficient (Wildman–Crippen LogP) is 2.41. The van der Waals surface area contributed by atoms with Crippen molar-refractivity contribution in [3.63, 3.8) is 0 Å². The highest BCUT2D eigenvalue weighted by molar-refractivity contribution is 7.85. The van der Waals surface area contributed by atoms with Gasteiger partial charge in [-0.2, -0.15) is 4.98 Å². The average Bonchev–Trinajstić information content (AvgIpc) is 3.35. The maximum atomic E-state index is 12.6. The Kier molecular flexibility index (Phi) is 5.26. The lowest BCUT2D eigenvalue weighted by Gasteiger charge is -2.31. The first-order chi connectivity index (χ1) is 14.2. The van der Waals surface area contributed by atoms with Gasteiger partial charge in [0.2, 0.25) is 5.95 Å². The molecular weight excluding hydrogens is 390 g/mol. The van der Waals surface area contributed by atoms with E-state index in [2.05, 4.69) is 15.2 Å². The van der Waals surface area contributed by atoms with E-state index in [1.807, 2.05) is 6.92 Å². The van der Waals surface area contributed by atoms with E-state index < -0.39 is 10.8 Å². The quantitative estimate of drug-likeness (QED) is 0.811. The van der Waals surface area contributed by atoms with Gasteiger partial charge < -0.3 is 19.4 Å². The third-order valence-corrected chi connectivity index (χ3v) is 7.46. The molecule has 0 aromatic carbocycles. The molecule has 2 fully saturated rings. The van der Waals surface area contributed by atoms with Gasteiger partial charge in [-0.25, -0.2) is 9.97 Å². The molecule has 0 spiro atoms. The van der Waals surface area contributed by atoms with Gasteiger partial charge in [0, 0.05) is 50.4 Å². The van der Waals surface area contributed by atoms with Crippen LogP contribution >= 0.6 is 0 Å². The van der Waals surface area contributed by atoms with Crippen LogP contribution in [0.15, 0.2) is 15.6 Å². The number of hydrogen-bond acceptors (Lipinski definition) is 8. The lowest BCUT2D eigenvalue weighted by atomic mass is 9.97. The number of ether oxygens (including phenoxy) is 1. The van der Waals surface area contributed by atoms with Gasteiger partial charge in [0.25, 0.3) is 0 Å². The molecule has 8 nitrogen and oxygen atoms in total. The Balaban J connectivity index is 1.35. The maximum Gasteiger partial charge on any atom is 0.227 e. The Morgan fingerprint density at radius 1 is 1.14 bits per heavy atom. The van der Waals surface area contributed by atoms with Gasteiger partial charge in [-0.05, 0) is 32.6 Å². The van der Waals surface area contributed by atoms with Crippen molar-refractivity contribution in [1.29, 1.82) is 0 Å². The number of oxazole rings is 1. The second kappa shape index (κ2) is 8.02. The largest absolute Gasteiger partial charge is 0.448 e. The summed E-state index contributed by atoms with van der Waals surface area (Å²) in [4.78, 5) is 17.2. The molecule has 156 valence electrons. The SMILES string of the molecule is Cc1coc(C2CCN(c3nc4c(c(NC5CCOCC5)n3)S(=O)CC4)CC2)n1. The average molecular weight is 418 g/mol. The number of aromatic nitrogens is 3. The smallest absolute Gasteiger partial charge is 0.227 e. The van der Waals surface area contributed by atoms with E-state index in [0.29, 0.717) is 17.7 Å². The Bertz CT molecular complexity index is 904. The first-order valence-electron chi connectivity index (χ1n) is 10.5. The fourth-order valence-electron chi connectivity index (χ4n) is 4.34. The van der Waals surface area contributed by atoms with Gasteiger partial charge in [-0.1, -0.05) is 0 Å². The van der Waals surface area contributed by atoms with Crippen molar-refractivity contribution in [2.24, 2.45) is 0 Å². The van der Waals surface area contributed by atoms with Crippen LogP contribution in [0, 0.1) is 6.92 Å². The van der Waals surface area contributed by atoms with Gasteiger partial charge in [0.1, 0.15) is 17.0 Å². The fraction of sp³-hybridized carbons (Fsp3) is 0.650. The van der Waals surface area contributed by atoms with Gasteiger partial charge in [0.15, 0.2) is 5.89 Å². The van der Waals surface area contributed by atoms with Crippen LogP contribution < -0.4 is 10.2 Å². The summed E-state index contributed by atoms with van der Waals surface area (Å²) in [7, 11) is -1.01. The maximum absolute atomic E-state index is 12.6. The molecule has 2 saturated heterocycles. The van der Waals surface area contributed by atoms with Crippen LogP contribution in [-0.4, -0.2) is 57.3 Å². The highest BCUT2D eigenvalue weighted by atomic mass is 32.2.